The molecule has 0 saturated heterocycles. The van der Waals surface area contributed by atoms with Crippen LogP contribution in [0.4, 0.5) is 0 Å². The molecule has 1 N–H and O–H groups in total. The highest BCUT2D eigenvalue weighted by atomic mass is 16.9. The zero-order valence-electron chi connectivity index (χ0n) is 26.2. The van der Waals surface area contributed by atoms with Gasteiger partial charge in [0.1, 0.15) is 12.4 Å². The minimum Gasteiger partial charge on any atom is -0.393 e. The van der Waals surface area contributed by atoms with E-state index in [1.165, 1.54) is 27.9 Å². The van der Waals surface area contributed by atoms with Crippen molar-refractivity contribution in [2.75, 3.05) is 13.9 Å². The molecule has 3 fully saturated rings. The first-order valence-electron chi connectivity index (χ1n) is 15.5. The molecule has 11 nitrogen and oxygen atoms in total. The lowest BCUT2D eigenvalue weighted by Crippen LogP contribution is -2.68. The molecule has 0 radical (unpaired) electrons. The maximum absolute atomic E-state index is 15.0. The van der Waals surface area contributed by atoms with Crippen LogP contribution in [0.3, 0.4) is 0 Å². The molecule has 4 aliphatic rings. The van der Waals surface area contributed by atoms with Crippen LogP contribution < -0.4 is 0 Å². The predicted molar refractivity (Wildman–Crippen MR) is 151 cm³/mol. The van der Waals surface area contributed by atoms with Crippen molar-refractivity contribution in [3.8, 4) is 0 Å². The van der Waals surface area contributed by atoms with E-state index in [0.29, 0.717) is 25.7 Å². The fraction of sp³-hybridized carbons (Fsp3) is 0.781. The SMILES string of the molecule is CCC(=O)OC(OC(=O)CC)(OC(=O)CC)C(=O)[C@@]1(OCOC)CC[C@H]2[C@@H]3CCC4=CC(=O)CC[C@]4(C)[C@H]3C(O)C[C@@]21C. The number of aliphatic hydroxyl groups is 1. The molecule has 0 aromatic heterocycles. The Bertz CT molecular complexity index is 1130. The molecule has 0 heterocycles. The highest BCUT2D eigenvalue weighted by Gasteiger charge is 2.74. The van der Waals surface area contributed by atoms with Gasteiger partial charge in [0, 0.05) is 38.2 Å². The Morgan fingerprint density at radius 1 is 0.930 bits per heavy atom. The summed E-state index contributed by atoms with van der Waals surface area (Å²) in [4.78, 5) is 65.4. The van der Waals surface area contributed by atoms with Gasteiger partial charge in [-0.2, -0.15) is 0 Å². The van der Waals surface area contributed by atoms with E-state index in [1.807, 2.05) is 6.92 Å². The van der Waals surface area contributed by atoms with E-state index in [1.54, 1.807) is 6.08 Å². The molecular weight excluding hydrogens is 560 g/mol. The minimum absolute atomic E-state index is 0.00565. The molecule has 0 spiro atoms. The number of carbonyl (C=O) groups is 5. The third kappa shape index (κ3) is 5.46. The monoisotopic (exact) mass is 606 g/mol. The van der Waals surface area contributed by atoms with E-state index in [4.69, 9.17) is 23.7 Å². The zero-order valence-corrected chi connectivity index (χ0v) is 26.2. The lowest BCUT2D eigenvalue weighted by Gasteiger charge is -2.61. The molecule has 11 heteroatoms. The summed E-state index contributed by atoms with van der Waals surface area (Å²) in [6, 6.07) is 0. The summed E-state index contributed by atoms with van der Waals surface area (Å²) in [7, 11) is 1.40. The van der Waals surface area contributed by atoms with Crippen molar-refractivity contribution >= 4 is 29.5 Å². The summed E-state index contributed by atoms with van der Waals surface area (Å²) in [5, 5.41) is 11.9. The van der Waals surface area contributed by atoms with Gasteiger partial charge in [0.15, 0.2) is 5.78 Å². The number of rotatable bonds is 11. The average molecular weight is 607 g/mol. The van der Waals surface area contributed by atoms with Gasteiger partial charge in [-0.05, 0) is 67.8 Å². The Hall–Kier alpha value is -2.63. The summed E-state index contributed by atoms with van der Waals surface area (Å²) in [5.41, 5.74) is -2.14. The number of esters is 3. The molecule has 0 bridgehead atoms. The lowest BCUT2D eigenvalue weighted by atomic mass is 9.45. The van der Waals surface area contributed by atoms with Gasteiger partial charge >= 0.3 is 23.9 Å². The van der Waals surface area contributed by atoms with Crippen LogP contribution in [0.2, 0.25) is 0 Å². The highest BCUT2D eigenvalue weighted by molar-refractivity contribution is 5.98. The van der Waals surface area contributed by atoms with Gasteiger partial charge in [-0.25, -0.2) is 0 Å². The second-order valence-electron chi connectivity index (χ2n) is 12.9. The van der Waals surface area contributed by atoms with Gasteiger partial charge in [0.05, 0.1) is 6.10 Å². The lowest BCUT2D eigenvalue weighted by molar-refractivity contribution is -0.323. The Morgan fingerprint density at radius 2 is 1.51 bits per heavy atom. The normalized spacial score (nSPS) is 35.1. The number of hydrogen-bond acceptors (Lipinski definition) is 11. The number of hydrogen-bond donors (Lipinski definition) is 1. The van der Waals surface area contributed by atoms with Crippen LogP contribution in [-0.4, -0.2) is 66.2 Å². The van der Waals surface area contributed by atoms with E-state index >= 15 is 0 Å². The van der Waals surface area contributed by atoms with Crippen LogP contribution in [0.1, 0.15) is 98.8 Å². The summed E-state index contributed by atoms with van der Waals surface area (Å²) in [6.45, 7) is 8.15. The standard InChI is InChI=1S/C32H46O11/c1-7-24(35)41-32(42-25(36)8-2,43-26(37)9-3)28(38)31(40-18-39-6)15-13-22-21-11-10-19-16-20(33)12-14-29(19,4)27(21)23(34)17-30(22,31)5/h16,21-23,27,34H,7-15,17-18H2,1-6H3/t21-,22-,23?,27+,29-,30-,31-/m0/s1. The minimum atomic E-state index is -3.01. The highest BCUT2D eigenvalue weighted by Crippen LogP contribution is 2.69. The molecule has 7 atom stereocenters. The maximum atomic E-state index is 15.0. The second kappa shape index (κ2) is 12.4. The molecule has 0 aromatic rings. The number of fused-ring (bicyclic) bond motifs is 5. The van der Waals surface area contributed by atoms with Crippen molar-refractivity contribution in [1.29, 1.82) is 0 Å². The number of allylic oxidation sites excluding steroid dienone is 1. The molecule has 4 rings (SSSR count). The van der Waals surface area contributed by atoms with Crippen LogP contribution in [0.25, 0.3) is 0 Å². The topological polar surface area (TPSA) is 152 Å². The molecule has 0 amide bonds. The quantitative estimate of drug-likeness (QED) is 0.269. The van der Waals surface area contributed by atoms with Crippen LogP contribution in [0.15, 0.2) is 11.6 Å². The van der Waals surface area contributed by atoms with Crippen molar-refractivity contribution in [3.63, 3.8) is 0 Å². The first-order valence-corrected chi connectivity index (χ1v) is 15.5. The summed E-state index contributed by atoms with van der Waals surface area (Å²) < 4.78 is 27.9. The van der Waals surface area contributed by atoms with E-state index in [-0.39, 0.29) is 67.8 Å². The van der Waals surface area contributed by atoms with E-state index in [0.717, 1.165) is 12.0 Å². The molecule has 43 heavy (non-hydrogen) atoms. The van der Waals surface area contributed by atoms with Crippen molar-refractivity contribution in [2.24, 2.45) is 28.6 Å². The fourth-order valence-corrected chi connectivity index (χ4v) is 8.63. The molecule has 240 valence electrons. The predicted octanol–water partition coefficient (Wildman–Crippen LogP) is 3.93. The molecule has 0 aliphatic heterocycles. The number of methoxy groups -OCH3 is 1. The summed E-state index contributed by atoms with van der Waals surface area (Å²) >= 11 is 0. The van der Waals surface area contributed by atoms with E-state index in [2.05, 4.69) is 6.92 Å². The third-order valence-corrected chi connectivity index (χ3v) is 10.7. The number of ether oxygens (including phenoxy) is 5. The van der Waals surface area contributed by atoms with Gasteiger partial charge in [-0.3, -0.25) is 24.0 Å². The van der Waals surface area contributed by atoms with E-state index in [9.17, 15) is 29.1 Å². The molecule has 0 aromatic carbocycles. The van der Waals surface area contributed by atoms with E-state index < -0.39 is 46.8 Å². The van der Waals surface area contributed by atoms with Crippen LogP contribution in [0, 0.1) is 28.6 Å². The average Bonchev–Trinajstić information content (AvgIpc) is 3.27. The first-order chi connectivity index (χ1) is 20.3. The fourth-order valence-electron chi connectivity index (χ4n) is 8.63. The van der Waals surface area contributed by atoms with Crippen molar-refractivity contribution in [2.45, 2.75) is 117 Å². The number of ketones is 2. The number of carbonyl (C=O) groups excluding carboxylic acids is 5. The Kier molecular flexibility index (Phi) is 9.59. The van der Waals surface area contributed by atoms with Crippen LogP contribution >= 0.6 is 0 Å². The molecule has 4 aliphatic carbocycles. The van der Waals surface area contributed by atoms with Gasteiger partial charge in [0.2, 0.25) is 0 Å². The van der Waals surface area contributed by atoms with Gasteiger partial charge in [0.25, 0.3) is 5.78 Å². The summed E-state index contributed by atoms with van der Waals surface area (Å²) in [5.74, 6) is -6.95. The first kappa shape index (κ1) is 33.3. The second-order valence-corrected chi connectivity index (χ2v) is 12.9. The Labute approximate surface area is 253 Å². The maximum Gasteiger partial charge on any atom is 0.491 e. The number of aliphatic hydroxyl groups excluding tert-OH is 1. The Balaban J connectivity index is 1.84. The van der Waals surface area contributed by atoms with Crippen LogP contribution in [-0.2, 0) is 47.7 Å². The molecule has 3 saturated carbocycles. The van der Waals surface area contributed by atoms with Crippen molar-refractivity contribution < 1.29 is 52.8 Å². The zero-order chi connectivity index (χ0) is 31.8. The third-order valence-electron chi connectivity index (χ3n) is 10.7. The molecular formula is C32H46O11. The van der Waals surface area contributed by atoms with Gasteiger partial charge < -0.3 is 28.8 Å². The summed E-state index contributed by atoms with van der Waals surface area (Å²) in [6.07, 6.45) is 3.64. The smallest absolute Gasteiger partial charge is 0.393 e. The van der Waals surface area contributed by atoms with Crippen molar-refractivity contribution in [3.05, 3.63) is 11.6 Å². The van der Waals surface area contributed by atoms with Crippen molar-refractivity contribution in [1.82, 2.24) is 0 Å². The molecule has 1 unspecified atom stereocenters. The van der Waals surface area contributed by atoms with Gasteiger partial charge in [-0.1, -0.05) is 40.2 Å². The largest absolute Gasteiger partial charge is 0.491 e. The van der Waals surface area contributed by atoms with Gasteiger partial charge in [-0.15, -0.1) is 0 Å². The number of Topliss-reactive ketones (excluding diaryl/α,β-unsaturated/α-hetero) is 1. The van der Waals surface area contributed by atoms with Crippen LogP contribution in [0.5, 0.6) is 0 Å². The Morgan fingerprint density at radius 3 is 2.05 bits per heavy atom.